The van der Waals surface area contributed by atoms with E-state index in [4.69, 9.17) is 10.5 Å². The number of nitrogens with zero attached hydrogens (tertiary/aromatic N) is 2. The second kappa shape index (κ2) is 9.85. The molecule has 0 spiro atoms. The lowest BCUT2D eigenvalue weighted by Gasteiger charge is -2.21. The lowest BCUT2D eigenvalue weighted by atomic mass is 10.1. The van der Waals surface area contributed by atoms with Gasteiger partial charge in [0.1, 0.15) is 0 Å². The van der Waals surface area contributed by atoms with E-state index in [0.29, 0.717) is 17.2 Å². The topological polar surface area (TPSA) is 124 Å². The molecule has 0 saturated carbocycles. The number of aliphatic hydroxyl groups is 1. The van der Waals surface area contributed by atoms with Gasteiger partial charge in [-0.15, -0.1) is 16.7 Å². The Morgan fingerprint density at radius 2 is 2.12 bits per heavy atom. The van der Waals surface area contributed by atoms with Crippen LogP contribution in [0, 0.1) is 4.91 Å². The second-order valence-corrected chi connectivity index (χ2v) is 6.62. The molecular formula is C17H19N3O5S. The molecule has 3 N–H and O–H groups in total. The smallest absolute Gasteiger partial charge is 0.371 e. The van der Waals surface area contributed by atoms with Crippen LogP contribution in [0.4, 0.5) is 0 Å². The summed E-state index contributed by atoms with van der Waals surface area (Å²) in [6.07, 6.45) is 1.74. The van der Waals surface area contributed by atoms with E-state index in [1.165, 1.54) is 25.1 Å². The van der Waals surface area contributed by atoms with Crippen LogP contribution in [0.1, 0.15) is 27.6 Å². The molecule has 2 rings (SSSR count). The highest BCUT2D eigenvalue weighted by Crippen LogP contribution is 2.40. The van der Waals surface area contributed by atoms with Crippen LogP contribution in [-0.2, 0) is 4.84 Å². The van der Waals surface area contributed by atoms with Gasteiger partial charge in [-0.05, 0) is 12.0 Å². The van der Waals surface area contributed by atoms with Crippen LogP contribution < -0.4 is 10.5 Å². The molecule has 138 valence electrons. The van der Waals surface area contributed by atoms with Crippen molar-refractivity contribution in [2.24, 2.45) is 11.1 Å². The Kier molecular flexibility index (Phi) is 7.52. The van der Waals surface area contributed by atoms with Crippen molar-refractivity contribution in [3.05, 3.63) is 58.6 Å². The zero-order valence-electron chi connectivity index (χ0n) is 14.1. The maximum atomic E-state index is 12.0. The number of aliphatic hydroxyl groups excluding tert-OH is 1. The third kappa shape index (κ3) is 5.25. The molecule has 0 aliphatic rings. The molecule has 0 aliphatic carbocycles. The summed E-state index contributed by atoms with van der Waals surface area (Å²) in [5.74, 6) is -0.600. The summed E-state index contributed by atoms with van der Waals surface area (Å²) in [4.78, 5) is 30.9. The average molecular weight is 377 g/mol. The van der Waals surface area contributed by atoms with Gasteiger partial charge in [-0.1, -0.05) is 30.3 Å². The van der Waals surface area contributed by atoms with Crippen molar-refractivity contribution in [3.63, 3.8) is 0 Å². The molecule has 26 heavy (non-hydrogen) atoms. The van der Waals surface area contributed by atoms with Gasteiger partial charge < -0.3 is 15.6 Å². The van der Waals surface area contributed by atoms with E-state index in [-0.39, 0.29) is 17.4 Å². The predicted molar refractivity (Wildman–Crippen MR) is 96.7 cm³/mol. The minimum Gasteiger partial charge on any atom is -0.481 e. The van der Waals surface area contributed by atoms with Crippen LogP contribution in [0.5, 0.6) is 5.88 Å². The molecule has 1 heterocycles. The van der Waals surface area contributed by atoms with Gasteiger partial charge >= 0.3 is 5.97 Å². The molecule has 1 aromatic heterocycles. The van der Waals surface area contributed by atoms with Crippen LogP contribution in [0.3, 0.4) is 0 Å². The highest BCUT2D eigenvalue weighted by molar-refractivity contribution is 7.99. The Balaban J connectivity index is 2.39. The number of carbonyl (C=O) groups excluding carboxylic acids is 1. The van der Waals surface area contributed by atoms with Gasteiger partial charge in [0.05, 0.1) is 19.3 Å². The normalized spacial score (nSPS) is 12.9. The molecule has 9 heteroatoms. The van der Waals surface area contributed by atoms with Crippen molar-refractivity contribution in [2.45, 2.75) is 22.6 Å². The highest BCUT2D eigenvalue weighted by atomic mass is 32.2. The summed E-state index contributed by atoms with van der Waals surface area (Å²) < 4.78 is 5.11. The molecule has 1 aromatic carbocycles. The number of nitrogens with two attached hydrogens (primary N) is 1. The number of thioether (sulfide) groups is 1. The van der Waals surface area contributed by atoms with Crippen LogP contribution in [-0.4, -0.2) is 35.8 Å². The summed E-state index contributed by atoms with van der Waals surface area (Å²) >= 11 is 1.34. The fourth-order valence-corrected chi connectivity index (χ4v) is 3.66. The zero-order valence-corrected chi connectivity index (χ0v) is 14.9. The number of ether oxygens (including phenoxy) is 1. The summed E-state index contributed by atoms with van der Waals surface area (Å²) in [5.41, 5.74) is 6.99. The number of hydrogen-bond acceptors (Lipinski definition) is 9. The standard InChI is InChI=1S/C17H19N3O5S/c1-24-16-8-15(13(9-19-16)17(22)25-20-23)26-14(7-12(18)10-21)11-5-3-2-4-6-11/h2-6,8-9,12,14,21H,7,10,18H2,1H3/t12-,14?/m0/s1. The lowest BCUT2D eigenvalue weighted by molar-refractivity contribution is 0.0503. The SMILES string of the molecule is COc1cc(SC(C[C@H](N)CO)c2ccccc2)c(C(=O)ON=O)cn1. The number of benzene rings is 1. The number of hydrogen-bond donors (Lipinski definition) is 2. The first-order chi connectivity index (χ1) is 12.6. The first kappa shape index (κ1) is 19.8. The van der Waals surface area contributed by atoms with Gasteiger partial charge in [-0.2, -0.15) is 0 Å². The average Bonchev–Trinajstić information content (AvgIpc) is 2.68. The number of methoxy groups -OCH3 is 1. The van der Waals surface area contributed by atoms with E-state index < -0.39 is 12.0 Å². The van der Waals surface area contributed by atoms with Crippen LogP contribution >= 0.6 is 11.8 Å². The zero-order chi connectivity index (χ0) is 18.9. The summed E-state index contributed by atoms with van der Waals surface area (Å²) in [5, 5.41) is 11.3. The summed E-state index contributed by atoms with van der Waals surface area (Å²) in [6.45, 7) is -0.159. The number of aromatic nitrogens is 1. The molecular weight excluding hydrogens is 358 g/mol. The molecule has 0 aliphatic heterocycles. The molecule has 0 fully saturated rings. The van der Waals surface area contributed by atoms with E-state index in [9.17, 15) is 14.8 Å². The van der Waals surface area contributed by atoms with E-state index >= 15 is 0 Å². The third-order valence-corrected chi connectivity index (χ3v) is 4.92. The molecule has 0 bridgehead atoms. The van der Waals surface area contributed by atoms with Gasteiger partial charge in [0, 0.05) is 28.5 Å². The van der Waals surface area contributed by atoms with E-state index in [1.54, 1.807) is 6.07 Å². The van der Waals surface area contributed by atoms with Gasteiger partial charge in [-0.25, -0.2) is 9.78 Å². The Labute approximate surface area is 154 Å². The van der Waals surface area contributed by atoms with Crippen LogP contribution in [0.15, 0.2) is 52.8 Å². The van der Waals surface area contributed by atoms with Crippen molar-refractivity contribution in [2.75, 3.05) is 13.7 Å². The number of pyridine rings is 1. The monoisotopic (exact) mass is 377 g/mol. The molecule has 8 nitrogen and oxygen atoms in total. The van der Waals surface area contributed by atoms with Crippen molar-refractivity contribution >= 4 is 17.7 Å². The van der Waals surface area contributed by atoms with Gasteiger partial charge in [0.15, 0.2) is 5.34 Å². The van der Waals surface area contributed by atoms with Gasteiger partial charge in [0.25, 0.3) is 0 Å². The van der Waals surface area contributed by atoms with Crippen molar-refractivity contribution in [1.29, 1.82) is 0 Å². The Hall–Kier alpha value is -2.49. The maximum absolute atomic E-state index is 12.0. The number of rotatable bonds is 9. The fourth-order valence-electron chi connectivity index (χ4n) is 2.29. The Morgan fingerprint density at radius 3 is 2.73 bits per heavy atom. The second-order valence-electron chi connectivity index (χ2n) is 5.37. The molecule has 0 saturated heterocycles. The van der Waals surface area contributed by atoms with Gasteiger partial charge in [0.2, 0.25) is 5.88 Å². The fraction of sp³-hybridized carbons (Fsp3) is 0.294. The Bertz CT molecular complexity index is 744. The predicted octanol–water partition coefficient (Wildman–Crippen LogP) is 2.47. The quantitative estimate of drug-likeness (QED) is 0.388. The first-order valence-corrected chi connectivity index (χ1v) is 8.63. The molecule has 0 amide bonds. The molecule has 1 unspecified atom stereocenters. The highest BCUT2D eigenvalue weighted by Gasteiger charge is 2.22. The van der Waals surface area contributed by atoms with E-state index in [2.05, 4.69) is 15.2 Å². The molecule has 2 aromatic rings. The van der Waals surface area contributed by atoms with Crippen molar-refractivity contribution in [3.8, 4) is 5.88 Å². The third-order valence-electron chi connectivity index (χ3n) is 3.58. The Morgan fingerprint density at radius 1 is 1.38 bits per heavy atom. The molecule has 0 radical (unpaired) electrons. The number of carbonyl (C=O) groups is 1. The molecule has 2 atom stereocenters. The maximum Gasteiger partial charge on any atom is 0.371 e. The lowest BCUT2D eigenvalue weighted by Crippen LogP contribution is -2.26. The largest absolute Gasteiger partial charge is 0.481 e. The minimum atomic E-state index is -0.907. The van der Waals surface area contributed by atoms with Gasteiger partial charge in [-0.3, -0.25) is 4.84 Å². The van der Waals surface area contributed by atoms with Crippen molar-refractivity contribution < 1.29 is 19.5 Å². The van der Waals surface area contributed by atoms with Crippen molar-refractivity contribution in [1.82, 2.24) is 4.98 Å². The first-order valence-electron chi connectivity index (χ1n) is 7.75. The van der Waals surface area contributed by atoms with Crippen LogP contribution in [0.25, 0.3) is 0 Å². The summed E-state index contributed by atoms with van der Waals surface area (Å²) in [6, 6.07) is 10.7. The summed E-state index contributed by atoms with van der Waals surface area (Å²) in [7, 11) is 1.46. The van der Waals surface area contributed by atoms with Crippen LogP contribution in [0.2, 0.25) is 0 Å². The van der Waals surface area contributed by atoms with E-state index in [0.717, 1.165) is 5.56 Å². The van der Waals surface area contributed by atoms with E-state index in [1.807, 2.05) is 30.3 Å². The minimum absolute atomic E-state index is 0.0916.